The minimum atomic E-state index is -0.696. The molecule has 3 aliphatic rings. The molecule has 2 aromatic carbocycles. The molecule has 0 saturated carbocycles. The lowest BCUT2D eigenvalue weighted by atomic mass is 10.0. The highest BCUT2D eigenvalue weighted by molar-refractivity contribution is 5.95. The molecule has 0 aliphatic carbocycles. The second-order valence-corrected chi connectivity index (χ2v) is 7.52. The SMILES string of the molecule is O=C1COc2ccc(OC3CN(C(=O)N4N=CC[C@H]4c4cc(F)cc(F)c4)C3)cc2N1. The maximum Gasteiger partial charge on any atom is 0.341 e. The van der Waals surface area contributed by atoms with Crippen molar-refractivity contribution < 1.29 is 27.8 Å². The van der Waals surface area contributed by atoms with Crippen LogP contribution in [0, 0.1) is 11.6 Å². The lowest BCUT2D eigenvalue weighted by Gasteiger charge is -2.41. The Morgan fingerprint density at radius 2 is 1.94 bits per heavy atom. The summed E-state index contributed by atoms with van der Waals surface area (Å²) in [5.41, 5.74) is 0.896. The predicted octanol–water partition coefficient (Wildman–Crippen LogP) is 2.91. The maximum atomic E-state index is 13.6. The van der Waals surface area contributed by atoms with Crippen LogP contribution in [0.4, 0.5) is 19.3 Å². The van der Waals surface area contributed by atoms with Crippen molar-refractivity contribution in [2.75, 3.05) is 25.0 Å². The third-order valence-electron chi connectivity index (χ3n) is 5.30. The van der Waals surface area contributed by atoms with Crippen LogP contribution in [0.15, 0.2) is 41.5 Å². The first-order valence-electron chi connectivity index (χ1n) is 9.76. The summed E-state index contributed by atoms with van der Waals surface area (Å²) in [4.78, 5) is 25.9. The van der Waals surface area contributed by atoms with Gasteiger partial charge in [-0.3, -0.25) is 4.79 Å². The Bertz CT molecular complexity index is 1070. The van der Waals surface area contributed by atoms with E-state index in [-0.39, 0.29) is 24.6 Å². The third-order valence-corrected chi connectivity index (χ3v) is 5.30. The van der Waals surface area contributed by atoms with Crippen molar-refractivity contribution in [2.24, 2.45) is 5.10 Å². The lowest BCUT2D eigenvalue weighted by molar-refractivity contribution is -0.118. The molecule has 3 aliphatic heterocycles. The number of urea groups is 1. The Morgan fingerprint density at radius 3 is 2.71 bits per heavy atom. The van der Waals surface area contributed by atoms with Crippen LogP contribution in [0.1, 0.15) is 18.0 Å². The fourth-order valence-corrected chi connectivity index (χ4v) is 3.78. The first-order chi connectivity index (χ1) is 15.0. The first kappa shape index (κ1) is 19.3. The van der Waals surface area contributed by atoms with Crippen molar-refractivity contribution in [3.8, 4) is 11.5 Å². The van der Waals surface area contributed by atoms with Crippen molar-refractivity contribution >= 4 is 23.8 Å². The van der Waals surface area contributed by atoms with E-state index in [1.807, 2.05) is 0 Å². The number of halogens is 2. The van der Waals surface area contributed by atoms with Gasteiger partial charge in [-0.25, -0.2) is 18.6 Å². The summed E-state index contributed by atoms with van der Waals surface area (Å²) in [6.07, 6.45) is 1.72. The number of hydrogen-bond acceptors (Lipinski definition) is 5. The smallest absolute Gasteiger partial charge is 0.341 e. The number of nitrogens with zero attached hydrogens (tertiary/aromatic N) is 3. The molecule has 8 nitrogen and oxygen atoms in total. The van der Waals surface area contributed by atoms with Crippen molar-refractivity contribution in [1.82, 2.24) is 9.91 Å². The van der Waals surface area contributed by atoms with Crippen molar-refractivity contribution in [3.63, 3.8) is 0 Å². The fraction of sp³-hybridized carbons (Fsp3) is 0.286. The van der Waals surface area contributed by atoms with Crippen LogP contribution < -0.4 is 14.8 Å². The van der Waals surface area contributed by atoms with E-state index < -0.39 is 17.7 Å². The Balaban J connectivity index is 1.20. The number of likely N-dealkylation sites (tertiary alicyclic amines) is 1. The quantitative estimate of drug-likeness (QED) is 0.815. The molecule has 0 spiro atoms. The van der Waals surface area contributed by atoms with Gasteiger partial charge in [0.1, 0.15) is 29.2 Å². The summed E-state index contributed by atoms with van der Waals surface area (Å²) >= 11 is 0. The Morgan fingerprint density at radius 1 is 1.16 bits per heavy atom. The van der Waals surface area contributed by atoms with Gasteiger partial charge < -0.3 is 19.7 Å². The van der Waals surface area contributed by atoms with Gasteiger partial charge in [0.05, 0.1) is 24.8 Å². The molecule has 160 valence electrons. The number of ether oxygens (including phenoxy) is 2. The van der Waals surface area contributed by atoms with Gasteiger partial charge in [0, 0.05) is 24.8 Å². The largest absolute Gasteiger partial charge is 0.487 e. The summed E-state index contributed by atoms with van der Waals surface area (Å²) in [5.74, 6) is -0.501. The number of benzene rings is 2. The summed E-state index contributed by atoms with van der Waals surface area (Å²) in [6.45, 7) is 0.666. The average molecular weight is 428 g/mol. The van der Waals surface area contributed by atoms with Crippen molar-refractivity contribution in [3.05, 3.63) is 53.6 Å². The fourth-order valence-electron chi connectivity index (χ4n) is 3.78. The lowest BCUT2D eigenvalue weighted by Crippen LogP contribution is -2.58. The van der Waals surface area contributed by atoms with E-state index in [0.717, 1.165) is 6.07 Å². The van der Waals surface area contributed by atoms with Gasteiger partial charge in [0.2, 0.25) is 0 Å². The first-order valence-corrected chi connectivity index (χ1v) is 9.76. The Labute approximate surface area is 176 Å². The van der Waals surface area contributed by atoms with Crippen LogP contribution >= 0.6 is 0 Å². The summed E-state index contributed by atoms with van der Waals surface area (Å²) in [5, 5.41) is 8.06. The van der Waals surface area contributed by atoms with Gasteiger partial charge in [-0.2, -0.15) is 5.10 Å². The number of carbonyl (C=O) groups excluding carboxylic acids is 2. The zero-order chi connectivity index (χ0) is 21.5. The minimum Gasteiger partial charge on any atom is -0.487 e. The monoisotopic (exact) mass is 428 g/mol. The number of anilines is 1. The molecule has 1 saturated heterocycles. The molecule has 1 atom stereocenters. The minimum absolute atomic E-state index is 0.0187. The van der Waals surface area contributed by atoms with E-state index in [0.29, 0.717) is 42.3 Å². The summed E-state index contributed by atoms with van der Waals surface area (Å²) in [7, 11) is 0. The number of carbonyl (C=O) groups is 2. The second kappa shape index (κ2) is 7.53. The van der Waals surface area contributed by atoms with Crippen LogP contribution in [0.5, 0.6) is 11.5 Å². The van der Waals surface area contributed by atoms with E-state index in [1.54, 1.807) is 29.3 Å². The molecule has 2 aromatic rings. The number of hydrazone groups is 1. The highest BCUT2D eigenvalue weighted by atomic mass is 19.1. The highest BCUT2D eigenvalue weighted by Crippen LogP contribution is 2.34. The van der Waals surface area contributed by atoms with Crippen molar-refractivity contribution in [2.45, 2.75) is 18.6 Å². The Kier molecular flexibility index (Phi) is 4.68. The van der Waals surface area contributed by atoms with E-state index in [9.17, 15) is 18.4 Å². The van der Waals surface area contributed by atoms with Gasteiger partial charge in [-0.05, 0) is 29.8 Å². The number of hydrogen-bond donors (Lipinski definition) is 1. The van der Waals surface area contributed by atoms with Crippen LogP contribution in [-0.2, 0) is 4.79 Å². The third kappa shape index (κ3) is 3.76. The summed E-state index contributed by atoms with van der Waals surface area (Å²) < 4.78 is 38.4. The van der Waals surface area contributed by atoms with E-state index in [1.165, 1.54) is 17.1 Å². The van der Waals surface area contributed by atoms with Crippen LogP contribution in [0.3, 0.4) is 0 Å². The zero-order valence-corrected chi connectivity index (χ0v) is 16.3. The average Bonchev–Trinajstić information content (AvgIpc) is 3.19. The predicted molar refractivity (Wildman–Crippen MR) is 106 cm³/mol. The maximum absolute atomic E-state index is 13.6. The molecule has 5 rings (SSSR count). The molecule has 1 fully saturated rings. The highest BCUT2D eigenvalue weighted by Gasteiger charge is 2.39. The standard InChI is InChI=1S/C21H18F2N4O4/c22-13-5-12(6-14(23)7-13)18-3-4-24-27(18)21(29)26-9-16(10-26)31-15-1-2-19-17(8-15)25-20(28)11-30-19/h1-2,4-8,16,18H,3,9-11H2,(H,25,28)/t18-/m0/s1. The van der Waals surface area contributed by atoms with Gasteiger partial charge in [-0.15, -0.1) is 0 Å². The van der Waals surface area contributed by atoms with Gasteiger partial charge in [-0.1, -0.05) is 0 Å². The molecule has 3 amide bonds. The number of amides is 3. The van der Waals surface area contributed by atoms with Crippen LogP contribution in [-0.4, -0.2) is 53.9 Å². The molecule has 10 heteroatoms. The van der Waals surface area contributed by atoms with Crippen LogP contribution in [0.25, 0.3) is 0 Å². The molecule has 0 unspecified atom stereocenters. The molecular formula is C21H18F2N4O4. The molecule has 0 aromatic heterocycles. The topological polar surface area (TPSA) is 83.5 Å². The van der Waals surface area contributed by atoms with E-state index in [4.69, 9.17) is 9.47 Å². The van der Waals surface area contributed by atoms with Crippen LogP contribution in [0.2, 0.25) is 0 Å². The Hall–Kier alpha value is -3.69. The summed E-state index contributed by atoms with van der Waals surface area (Å²) in [6, 6.07) is 7.44. The number of nitrogens with one attached hydrogen (secondary N) is 1. The van der Waals surface area contributed by atoms with Gasteiger partial charge in [0.15, 0.2) is 6.61 Å². The number of rotatable bonds is 3. The van der Waals surface area contributed by atoms with Gasteiger partial charge in [0.25, 0.3) is 5.91 Å². The number of fused-ring (bicyclic) bond motifs is 1. The zero-order valence-electron chi connectivity index (χ0n) is 16.3. The molecule has 0 bridgehead atoms. The molecule has 1 N–H and O–H groups in total. The molecule has 3 heterocycles. The normalized spacial score (nSPS) is 20.1. The van der Waals surface area contributed by atoms with Gasteiger partial charge >= 0.3 is 6.03 Å². The molecule has 0 radical (unpaired) electrons. The van der Waals surface area contributed by atoms with Crippen molar-refractivity contribution in [1.29, 1.82) is 0 Å². The molecular weight excluding hydrogens is 410 g/mol. The van der Waals surface area contributed by atoms with E-state index in [2.05, 4.69) is 10.4 Å². The van der Waals surface area contributed by atoms with E-state index >= 15 is 0 Å². The molecule has 31 heavy (non-hydrogen) atoms. The second-order valence-electron chi connectivity index (χ2n) is 7.52.